The monoisotopic (exact) mass is 413 g/mol. The standard InChI is InChI=1S/C18H19ClF3N5O/c19-12-2-4-15(18(20,21)22)25-16(12)26-6-5-10(8-26)17(28)24-13-7-11-1-3-14(13)27(11)9-23/h2,4,10-11,13-14H,1,3,5-8H2,(H,24,28)/t10-,11-,13+,14+/m0/s1. The van der Waals surface area contributed by atoms with E-state index in [1.54, 1.807) is 9.80 Å². The Kier molecular flexibility index (Phi) is 4.78. The van der Waals surface area contributed by atoms with E-state index >= 15 is 0 Å². The molecule has 150 valence electrons. The van der Waals surface area contributed by atoms with Crippen LogP contribution in [0, 0.1) is 17.4 Å². The van der Waals surface area contributed by atoms with E-state index in [-0.39, 0.29) is 47.3 Å². The first-order valence-electron chi connectivity index (χ1n) is 9.25. The van der Waals surface area contributed by atoms with Crippen molar-refractivity contribution in [2.75, 3.05) is 18.0 Å². The van der Waals surface area contributed by atoms with Crippen molar-refractivity contribution < 1.29 is 18.0 Å². The van der Waals surface area contributed by atoms with Crippen LogP contribution in [-0.4, -0.2) is 47.0 Å². The summed E-state index contributed by atoms with van der Waals surface area (Å²) in [4.78, 5) is 19.8. The molecule has 10 heteroatoms. The van der Waals surface area contributed by atoms with Crippen LogP contribution < -0.4 is 10.2 Å². The van der Waals surface area contributed by atoms with Crippen molar-refractivity contribution in [3.8, 4) is 6.19 Å². The molecule has 1 aromatic heterocycles. The molecule has 0 aromatic carbocycles. The van der Waals surface area contributed by atoms with E-state index in [1.165, 1.54) is 6.07 Å². The van der Waals surface area contributed by atoms with Crippen molar-refractivity contribution in [1.82, 2.24) is 15.2 Å². The number of nitrogens with one attached hydrogen (secondary N) is 1. The largest absolute Gasteiger partial charge is 0.433 e. The number of hydrogen-bond acceptors (Lipinski definition) is 5. The number of carbonyl (C=O) groups excluding carboxylic acids is 1. The first-order chi connectivity index (χ1) is 13.3. The Labute approximate surface area is 165 Å². The zero-order chi connectivity index (χ0) is 20.1. The molecule has 3 aliphatic heterocycles. The van der Waals surface area contributed by atoms with E-state index in [2.05, 4.69) is 16.5 Å². The molecule has 0 saturated carbocycles. The average molecular weight is 414 g/mol. The fourth-order valence-electron chi connectivity index (χ4n) is 4.58. The van der Waals surface area contributed by atoms with Gasteiger partial charge in [0.1, 0.15) is 11.5 Å². The summed E-state index contributed by atoms with van der Waals surface area (Å²) in [5.74, 6) is -0.412. The number of aromatic nitrogens is 1. The first kappa shape index (κ1) is 19.1. The average Bonchev–Trinajstić information content (AvgIpc) is 3.35. The second-order valence-electron chi connectivity index (χ2n) is 7.59. The lowest BCUT2D eigenvalue weighted by Crippen LogP contribution is -2.46. The van der Waals surface area contributed by atoms with Crippen molar-refractivity contribution in [2.45, 2.75) is 50.0 Å². The predicted octanol–water partition coefficient (Wildman–Crippen LogP) is 2.78. The number of pyridine rings is 1. The maximum Gasteiger partial charge on any atom is 0.433 e. The number of nitrogens with zero attached hydrogens (tertiary/aromatic N) is 4. The maximum absolute atomic E-state index is 12.9. The fraction of sp³-hybridized carbons (Fsp3) is 0.611. The molecule has 0 spiro atoms. The van der Waals surface area contributed by atoms with Gasteiger partial charge >= 0.3 is 6.18 Å². The van der Waals surface area contributed by atoms with Crippen LogP contribution in [0.5, 0.6) is 0 Å². The van der Waals surface area contributed by atoms with E-state index < -0.39 is 11.9 Å². The number of halogens is 4. The SMILES string of the molecule is N#CN1[C@H]2CC[C@@H]1[C@H](NC(=O)[C@H]1CCN(c3nc(C(F)(F)F)ccc3Cl)C1)C2. The van der Waals surface area contributed by atoms with Crippen LogP contribution in [0.15, 0.2) is 12.1 Å². The van der Waals surface area contributed by atoms with Crippen LogP contribution in [0.2, 0.25) is 5.02 Å². The quantitative estimate of drug-likeness (QED) is 0.771. The molecule has 3 fully saturated rings. The maximum atomic E-state index is 12.9. The minimum Gasteiger partial charge on any atom is -0.355 e. The molecule has 0 aliphatic carbocycles. The van der Waals surface area contributed by atoms with Gasteiger partial charge in [0.2, 0.25) is 5.91 Å². The predicted molar refractivity (Wildman–Crippen MR) is 95.4 cm³/mol. The van der Waals surface area contributed by atoms with Gasteiger partial charge in [-0.2, -0.15) is 18.4 Å². The van der Waals surface area contributed by atoms with Gasteiger partial charge in [-0.05, 0) is 37.8 Å². The Morgan fingerprint density at radius 3 is 2.79 bits per heavy atom. The van der Waals surface area contributed by atoms with Gasteiger partial charge in [0.05, 0.1) is 23.0 Å². The molecule has 4 rings (SSSR count). The number of rotatable bonds is 3. The van der Waals surface area contributed by atoms with Gasteiger partial charge < -0.3 is 15.1 Å². The third-order valence-electron chi connectivity index (χ3n) is 5.96. The Balaban J connectivity index is 1.41. The van der Waals surface area contributed by atoms with Gasteiger partial charge in [0, 0.05) is 19.1 Å². The Hall–Kier alpha value is -2.21. The molecule has 1 amide bonds. The van der Waals surface area contributed by atoms with E-state index in [1.807, 2.05) is 0 Å². The molecule has 1 aromatic rings. The molecule has 6 nitrogen and oxygen atoms in total. The summed E-state index contributed by atoms with van der Waals surface area (Å²) in [6, 6.07) is 2.24. The molecule has 0 radical (unpaired) electrons. The molecule has 1 N–H and O–H groups in total. The third kappa shape index (κ3) is 3.34. The highest BCUT2D eigenvalue weighted by Crippen LogP contribution is 2.38. The van der Waals surface area contributed by atoms with Crippen LogP contribution in [0.1, 0.15) is 31.4 Å². The zero-order valence-electron chi connectivity index (χ0n) is 14.9. The number of amides is 1. The van der Waals surface area contributed by atoms with E-state index in [0.29, 0.717) is 13.0 Å². The molecular formula is C18H19ClF3N5O. The number of nitriles is 1. The summed E-state index contributed by atoms with van der Waals surface area (Å²) in [6.45, 7) is 0.676. The summed E-state index contributed by atoms with van der Waals surface area (Å²) in [7, 11) is 0. The summed E-state index contributed by atoms with van der Waals surface area (Å²) in [5, 5.41) is 12.4. The minimum absolute atomic E-state index is 0.0461. The molecule has 3 saturated heterocycles. The normalized spacial score (nSPS) is 29.2. The van der Waals surface area contributed by atoms with Gasteiger partial charge in [-0.1, -0.05) is 11.6 Å². The Morgan fingerprint density at radius 1 is 1.32 bits per heavy atom. The van der Waals surface area contributed by atoms with Gasteiger partial charge in [0.15, 0.2) is 6.19 Å². The van der Waals surface area contributed by atoms with Crippen LogP contribution in [0.4, 0.5) is 19.0 Å². The van der Waals surface area contributed by atoms with Crippen LogP contribution in [0.25, 0.3) is 0 Å². The first-order valence-corrected chi connectivity index (χ1v) is 9.63. The smallest absolute Gasteiger partial charge is 0.355 e. The van der Waals surface area contributed by atoms with Gasteiger partial charge in [-0.3, -0.25) is 4.79 Å². The Morgan fingerprint density at radius 2 is 2.11 bits per heavy atom. The topological polar surface area (TPSA) is 72.3 Å². The molecule has 4 atom stereocenters. The van der Waals surface area contributed by atoms with Crippen molar-refractivity contribution in [3.05, 3.63) is 22.8 Å². The lowest BCUT2D eigenvalue weighted by Gasteiger charge is -2.24. The summed E-state index contributed by atoms with van der Waals surface area (Å²) >= 11 is 6.06. The highest BCUT2D eigenvalue weighted by molar-refractivity contribution is 6.33. The number of hydrogen-bond donors (Lipinski definition) is 1. The van der Waals surface area contributed by atoms with Crippen molar-refractivity contribution >= 4 is 23.3 Å². The third-order valence-corrected chi connectivity index (χ3v) is 6.25. The minimum atomic E-state index is -4.55. The highest BCUT2D eigenvalue weighted by Gasteiger charge is 2.47. The summed E-state index contributed by atoms with van der Waals surface area (Å²) in [6.07, 6.45) is 0.807. The van der Waals surface area contributed by atoms with Crippen molar-refractivity contribution in [3.63, 3.8) is 0 Å². The zero-order valence-corrected chi connectivity index (χ0v) is 15.7. The number of alkyl halides is 3. The molecule has 28 heavy (non-hydrogen) atoms. The summed E-state index contributed by atoms with van der Waals surface area (Å²) < 4.78 is 38.8. The highest BCUT2D eigenvalue weighted by atomic mass is 35.5. The number of fused-ring (bicyclic) bond motifs is 2. The summed E-state index contributed by atoms with van der Waals surface area (Å²) in [5.41, 5.74) is -1.00. The van der Waals surface area contributed by atoms with Crippen LogP contribution in [-0.2, 0) is 11.0 Å². The Bertz CT molecular complexity index is 826. The van der Waals surface area contributed by atoms with E-state index in [9.17, 15) is 23.2 Å². The molecule has 4 heterocycles. The molecule has 3 aliphatic rings. The fourth-order valence-corrected chi connectivity index (χ4v) is 4.80. The number of anilines is 1. The second-order valence-corrected chi connectivity index (χ2v) is 8.00. The molecular weight excluding hydrogens is 395 g/mol. The lowest BCUT2D eigenvalue weighted by molar-refractivity contribution is -0.141. The lowest BCUT2D eigenvalue weighted by atomic mass is 9.95. The van der Waals surface area contributed by atoms with E-state index in [4.69, 9.17) is 11.6 Å². The van der Waals surface area contributed by atoms with Crippen molar-refractivity contribution in [1.29, 1.82) is 5.26 Å². The van der Waals surface area contributed by atoms with Crippen molar-refractivity contribution in [2.24, 2.45) is 5.92 Å². The number of carbonyl (C=O) groups is 1. The van der Waals surface area contributed by atoms with Crippen LogP contribution >= 0.6 is 11.6 Å². The molecule has 2 bridgehead atoms. The second kappa shape index (κ2) is 6.99. The molecule has 0 unspecified atom stereocenters. The van der Waals surface area contributed by atoms with Crippen LogP contribution in [0.3, 0.4) is 0 Å². The van der Waals surface area contributed by atoms with Gasteiger partial charge in [-0.15, -0.1) is 0 Å². The van der Waals surface area contributed by atoms with Gasteiger partial charge in [-0.25, -0.2) is 4.98 Å². The van der Waals surface area contributed by atoms with E-state index in [0.717, 1.165) is 25.3 Å². The van der Waals surface area contributed by atoms with Gasteiger partial charge in [0.25, 0.3) is 0 Å².